The number of anilines is 1. The predicted molar refractivity (Wildman–Crippen MR) is 102 cm³/mol. The van der Waals surface area contributed by atoms with Gasteiger partial charge in [-0.3, -0.25) is 14.4 Å². The van der Waals surface area contributed by atoms with Crippen LogP contribution in [0.3, 0.4) is 0 Å². The van der Waals surface area contributed by atoms with Crippen LogP contribution in [0.4, 0.5) is 5.69 Å². The number of carbonyl (C=O) groups excluding carboxylic acids is 3. The zero-order valence-electron chi connectivity index (χ0n) is 15.1. The van der Waals surface area contributed by atoms with Crippen molar-refractivity contribution < 1.29 is 19.1 Å². The molecule has 2 aromatic carbocycles. The van der Waals surface area contributed by atoms with Gasteiger partial charge in [0.25, 0.3) is 5.91 Å². The Morgan fingerprint density at radius 1 is 1.00 bits per heavy atom. The summed E-state index contributed by atoms with van der Waals surface area (Å²) >= 11 is 0. The van der Waals surface area contributed by atoms with E-state index in [2.05, 4.69) is 10.6 Å². The van der Waals surface area contributed by atoms with Gasteiger partial charge in [-0.05, 0) is 29.8 Å². The van der Waals surface area contributed by atoms with Gasteiger partial charge < -0.3 is 21.1 Å². The number of nitrogens with two attached hydrogens (primary N) is 1. The van der Waals surface area contributed by atoms with Crippen LogP contribution in [-0.4, -0.2) is 30.4 Å². The fourth-order valence-electron chi connectivity index (χ4n) is 2.34. The Kier molecular flexibility index (Phi) is 7.37. The van der Waals surface area contributed by atoms with Crippen molar-refractivity contribution in [1.29, 1.82) is 0 Å². The predicted octanol–water partition coefficient (Wildman–Crippen LogP) is 1.63. The topological polar surface area (TPSA) is 111 Å². The Hall–Kier alpha value is -3.35. The van der Waals surface area contributed by atoms with E-state index in [9.17, 15) is 14.4 Å². The quantitative estimate of drug-likeness (QED) is 0.624. The number of primary amides is 1. The second kappa shape index (κ2) is 9.96. The lowest BCUT2D eigenvalue weighted by atomic mass is 10.1. The lowest BCUT2D eigenvalue weighted by molar-refractivity contribution is -0.128. The number of hydrogen-bond acceptors (Lipinski definition) is 4. The summed E-state index contributed by atoms with van der Waals surface area (Å²) in [4.78, 5) is 35.0. The molecule has 1 atom stereocenters. The summed E-state index contributed by atoms with van der Waals surface area (Å²) in [5, 5.41) is 5.31. The van der Waals surface area contributed by atoms with E-state index < -0.39 is 17.9 Å². The molecule has 2 aromatic rings. The molecule has 27 heavy (non-hydrogen) atoms. The smallest absolute Gasteiger partial charge is 0.258 e. The highest BCUT2D eigenvalue weighted by molar-refractivity contribution is 5.90. The Bertz CT molecular complexity index is 776. The maximum absolute atomic E-state index is 12.1. The van der Waals surface area contributed by atoms with Crippen LogP contribution in [0.25, 0.3) is 0 Å². The van der Waals surface area contributed by atoms with Gasteiger partial charge in [0.05, 0.1) is 0 Å². The minimum atomic E-state index is -0.810. The molecular weight excluding hydrogens is 346 g/mol. The third kappa shape index (κ3) is 6.81. The van der Waals surface area contributed by atoms with Crippen molar-refractivity contribution in [2.24, 2.45) is 5.73 Å². The van der Waals surface area contributed by atoms with E-state index in [1.54, 1.807) is 31.2 Å². The van der Waals surface area contributed by atoms with Crippen molar-refractivity contribution in [2.75, 3.05) is 11.9 Å². The molecule has 7 nitrogen and oxygen atoms in total. The van der Waals surface area contributed by atoms with Crippen molar-refractivity contribution in [3.63, 3.8) is 0 Å². The van der Waals surface area contributed by atoms with Gasteiger partial charge in [0.1, 0.15) is 11.8 Å². The SMILES string of the molecule is CCC(=O)Nc1ccc(OCC(=O)N[C@@H](Cc2ccccc2)C(N)=O)cc1. The molecule has 2 rings (SSSR count). The summed E-state index contributed by atoms with van der Waals surface area (Å²) in [5.41, 5.74) is 6.92. The molecule has 0 unspecified atom stereocenters. The summed E-state index contributed by atoms with van der Waals surface area (Å²) in [7, 11) is 0. The monoisotopic (exact) mass is 369 g/mol. The number of nitrogens with one attached hydrogen (secondary N) is 2. The second-order valence-corrected chi connectivity index (χ2v) is 5.93. The second-order valence-electron chi connectivity index (χ2n) is 5.93. The van der Waals surface area contributed by atoms with Crippen molar-refractivity contribution in [2.45, 2.75) is 25.8 Å². The Balaban J connectivity index is 1.85. The van der Waals surface area contributed by atoms with Gasteiger partial charge in [-0.25, -0.2) is 0 Å². The molecule has 3 amide bonds. The maximum Gasteiger partial charge on any atom is 0.258 e. The molecule has 0 aliphatic carbocycles. The number of hydrogen-bond donors (Lipinski definition) is 3. The minimum absolute atomic E-state index is 0.0843. The zero-order chi connectivity index (χ0) is 19.6. The molecular formula is C20H23N3O4. The highest BCUT2D eigenvalue weighted by atomic mass is 16.5. The normalized spacial score (nSPS) is 11.3. The van der Waals surface area contributed by atoms with Crippen LogP contribution in [0, 0.1) is 0 Å². The molecule has 4 N–H and O–H groups in total. The number of ether oxygens (including phenoxy) is 1. The molecule has 0 aliphatic rings. The average Bonchev–Trinajstić information content (AvgIpc) is 2.67. The van der Waals surface area contributed by atoms with E-state index in [0.29, 0.717) is 24.3 Å². The maximum atomic E-state index is 12.1. The molecule has 0 aliphatic heterocycles. The van der Waals surface area contributed by atoms with Gasteiger partial charge in [0, 0.05) is 18.5 Å². The molecule has 142 valence electrons. The first kappa shape index (κ1) is 20.0. The van der Waals surface area contributed by atoms with Gasteiger partial charge in [0.15, 0.2) is 6.61 Å². The van der Waals surface area contributed by atoms with Crippen LogP contribution in [0.15, 0.2) is 54.6 Å². The van der Waals surface area contributed by atoms with Crippen LogP contribution in [0.5, 0.6) is 5.75 Å². The molecule has 0 spiro atoms. The Morgan fingerprint density at radius 2 is 1.67 bits per heavy atom. The fraction of sp³-hybridized carbons (Fsp3) is 0.250. The highest BCUT2D eigenvalue weighted by Crippen LogP contribution is 2.15. The standard InChI is InChI=1S/C20H23N3O4/c1-2-18(24)22-15-8-10-16(11-9-15)27-13-19(25)23-17(20(21)26)12-14-6-4-3-5-7-14/h3-11,17H,2,12-13H2,1H3,(H2,21,26)(H,22,24)(H,23,25)/t17-/m0/s1. The summed E-state index contributed by atoms with van der Waals surface area (Å²) in [6.07, 6.45) is 0.705. The van der Waals surface area contributed by atoms with E-state index in [1.165, 1.54) is 0 Å². The molecule has 0 radical (unpaired) electrons. The van der Waals surface area contributed by atoms with Gasteiger partial charge in [-0.15, -0.1) is 0 Å². The summed E-state index contributed by atoms with van der Waals surface area (Å²) in [5.74, 6) is -0.668. The zero-order valence-corrected chi connectivity index (χ0v) is 15.1. The summed E-state index contributed by atoms with van der Waals surface area (Å²) < 4.78 is 5.41. The highest BCUT2D eigenvalue weighted by Gasteiger charge is 2.18. The fourth-order valence-corrected chi connectivity index (χ4v) is 2.34. The molecule has 0 heterocycles. The third-order valence-corrected chi connectivity index (χ3v) is 3.79. The lowest BCUT2D eigenvalue weighted by Crippen LogP contribution is -2.47. The molecule has 0 aromatic heterocycles. The largest absolute Gasteiger partial charge is 0.484 e. The van der Waals surface area contributed by atoms with E-state index >= 15 is 0 Å². The molecule has 7 heteroatoms. The van der Waals surface area contributed by atoms with Gasteiger partial charge in [-0.1, -0.05) is 37.3 Å². The van der Waals surface area contributed by atoms with Crippen molar-refractivity contribution in [1.82, 2.24) is 5.32 Å². The van der Waals surface area contributed by atoms with Crippen LogP contribution >= 0.6 is 0 Å². The number of amides is 3. The van der Waals surface area contributed by atoms with Gasteiger partial charge in [0.2, 0.25) is 11.8 Å². The summed E-state index contributed by atoms with van der Waals surface area (Å²) in [6, 6.07) is 15.1. The van der Waals surface area contributed by atoms with Crippen molar-refractivity contribution in [3.05, 3.63) is 60.2 Å². The third-order valence-electron chi connectivity index (χ3n) is 3.79. The molecule has 0 saturated heterocycles. The number of rotatable bonds is 9. The average molecular weight is 369 g/mol. The number of benzene rings is 2. The number of carbonyl (C=O) groups is 3. The van der Waals surface area contributed by atoms with Crippen molar-refractivity contribution >= 4 is 23.4 Å². The minimum Gasteiger partial charge on any atom is -0.484 e. The first-order chi connectivity index (χ1) is 13.0. The van der Waals surface area contributed by atoms with Gasteiger partial charge >= 0.3 is 0 Å². The van der Waals surface area contributed by atoms with E-state index in [4.69, 9.17) is 10.5 Å². The van der Waals surface area contributed by atoms with E-state index in [0.717, 1.165) is 5.56 Å². The Labute approximate surface area is 157 Å². The first-order valence-electron chi connectivity index (χ1n) is 8.63. The molecule has 0 saturated carbocycles. The van der Waals surface area contributed by atoms with Gasteiger partial charge in [-0.2, -0.15) is 0 Å². The van der Waals surface area contributed by atoms with Crippen LogP contribution < -0.4 is 21.1 Å². The van der Waals surface area contributed by atoms with Crippen molar-refractivity contribution in [3.8, 4) is 5.75 Å². The Morgan fingerprint density at radius 3 is 2.26 bits per heavy atom. The van der Waals surface area contributed by atoms with Crippen LogP contribution in [0.1, 0.15) is 18.9 Å². The van der Waals surface area contributed by atoms with E-state index in [1.807, 2.05) is 30.3 Å². The summed E-state index contributed by atoms with van der Waals surface area (Å²) in [6.45, 7) is 1.52. The van der Waals surface area contributed by atoms with E-state index in [-0.39, 0.29) is 12.5 Å². The molecule has 0 bridgehead atoms. The first-order valence-corrected chi connectivity index (χ1v) is 8.63. The lowest BCUT2D eigenvalue weighted by Gasteiger charge is -2.16. The molecule has 0 fully saturated rings. The van der Waals surface area contributed by atoms with Crippen LogP contribution in [-0.2, 0) is 20.8 Å². The van der Waals surface area contributed by atoms with Crippen LogP contribution in [0.2, 0.25) is 0 Å².